The Morgan fingerprint density at radius 2 is 2.13 bits per heavy atom. The Labute approximate surface area is 134 Å². The molecule has 0 amide bonds. The van der Waals surface area contributed by atoms with E-state index in [0.29, 0.717) is 12.5 Å². The summed E-state index contributed by atoms with van der Waals surface area (Å²) in [5.74, 6) is 0.702. The van der Waals surface area contributed by atoms with E-state index in [9.17, 15) is 15.2 Å². The van der Waals surface area contributed by atoms with Crippen LogP contribution in [0.4, 0.5) is 11.4 Å². The summed E-state index contributed by atoms with van der Waals surface area (Å²) in [6.45, 7) is 1.65. The molecule has 0 radical (unpaired) electrons. The molecule has 2 aromatic rings. The quantitative estimate of drug-likeness (QED) is 0.595. The molecule has 7 nitrogen and oxygen atoms in total. The van der Waals surface area contributed by atoms with Gasteiger partial charge in [0.15, 0.2) is 0 Å². The lowest BCUT2D eigenvalue weighted by Gasteiger charge is -2.27. The van der Waals surface area contributed by atoms with E-state index in [1.165, 1.54) is 29.9 Å². The van der Waals surface area contributed by atoms with E-state index in [-0.39, 0.29) is 12.2 Å². The predicted octanol–water partition coefficient (Wildman–Crippen LogP) is 2.07. The van der Waals surface area contributed by atoms with Crippen LogP contribution >= 0.6 is 0 Å². The third-order valence-corrected chi connectivity index (χ3v) is 3.96. The lowest BCUT2D eigenvalue weighted by Crippen LogP contribution is -2.36. The topological polar surface area (TPSA) is 84.4 Å². The summed E-state index contributed by atoms with van der Waals surface area (Å²) in [6.07, 6.45) is 4.38. The van der Waals surface area contributed by atoms with Crippen LogP contribution in [0, 0.1) is 16.0 Å². The van der Waals surface area contributed by atoms with Crippen molar-refractivity contribution < 1.29 is 10.0 Å². The SMILES string of the molecule is O=[N+]([O-])c1cnn(CC(O)CN(CC2CC2)c2ccccc2)c1. The smallest absolute Gasteiger partial charge is 0.306 e. The maximum atomic E-state index is 10.7. The van der Waals surface area contributed by atoms with Crippen molar-refractivity contribution in [2.24, 2.45) is 5.92 Å². The largest absolute Gasteiger partial charge is 0.389 e. The predicted molar refractivity (Wildman–Crippen MR) is 86.3 cm³/mol. The van der Waals surface area contributed by atoms with Gasteiger partial charge in [-0.1, -0.05) is 18.2 Å². The second-order valence-corrected chi connectivity index (χ2v) is 6.02. The minimum atomic E-state index is -0.645. The molecule has 1 atom stereocenters. The number of aliphatic hydroxyl groups is 1. The molecule has 122 valence electrons. The first-order valence-electron chi connectivity index (χ1n) is 7.76. The van der Waals surface area contributed by atoms with Gasteiger partial charge in [0.25, 0.3) is 0 Å². The van der Waals surface area contributed by atoms with E-state index in [4.69, 9.17) is 0 Å². The normalized spacial score (nSPS) is 15.3. The third-order valence-electron chi connectivity index (χ3n) is 3.96. The monoisotopic (exact) mass is 316 g/mol. The van der Waals surface area contributed by atoms with Gasteiger partial charge in [-0.25, -0.2) is 0 Å². The first-order valence-corrected chi connectivity index (χ1v) is 7.76. The van der Waals surface area contributed by atoms with Gasteiger partial charge in [0.2, 0.25) is 0 Å². The van der Waals surface area contributed by atoms with Crippen LogP contribution in [0.2, 0.25) is 0 Å². The molecule has 1 aromatic heterocycles. The number of hydrogen-bond donors (Lipinski definition) is 1. The molecule has 0 saturated heterocycles. The van der Waals surface area contributed by atoms with Gasteiger partial charge in [-0.15, -0.1) is 0 Å². The molecule has 7 heteroatoms. The molecule has 23 heavy (non-hydrogen) atoms. The van der Waals surface area contributed by atoms with Gasteiger partial charge in [-0.3, -0.25) is 14.8 Å². The molecule has 0 bridgehead atoms. The molecular formula is C16H20N4O3. The molecule has 0 spiro atoms. The van der Waals surface area contributed by atoms with Crippen molar-refractivity contribution in [3.63, 3.8) is 0 Å². The van der Waals surface area contributed by atoms with Crippen molar-refractivity contribution in [1.29, 1.82) is 0 Å². The van der Waals surface area contributed by atoms with E-state index >= 15 is 0 Å². The van der Waals surface area contributed by atoms with Crippen LogP contribution in [0.25, 0.3) is 0 Å². The van der Waals surface area contributed by atoms with Crippen molar-refractivity contribution in [1.82, 2.24) is 9.78 Å². The number of anilines is 1. The fraction of sp³-hybridized carbons (Fsp3) is 0.438. The summed E-state index contributed by atoms with van der Waals surface area (Å²) in [4.78, 5) is 12.4. The van der Waals surface area contributed by atoms with Gasteiger partial charge in [0, 0.05) is 18.8 Å². The van der Waals surface area contributed by atoms with E-state index in [0.717, 1.165) is 12.2 Å². The summed E-state index contributed by atoms with van der Waals surface area (Å²) in [6, 6.07) is 10.0. The van der Waals surface area contributed by atoms with Gasteiger partial charge < -0.3 is 10.0 Å². The van der Waals surface area contributed by atoms with Crippen molar-refractivity contribution in [3.8, 4) is 0 Å². The zero-order chi connectivity index (χ0) is 16.2. The number of hydrogen-bond acceptors (Lipinski definition) is 5. The highest BCUT2D eigenvalue weighted by Crippen LogP contribution is 2.31. The molecule has 0 aliphatic heterocycles. The Hall–Kier alpha value is -2.41. The lowest BCUT2D eigenvalue weighted by molar-refractivity contribution is -0.385. The first-order chi connectivity index (χ1) is 11.1. The molecule has 1 fully saturated rings. The zero-order valence-electron chi connectivity index (χ0n) is 12.8. The van der Waals surface area contributed by atoms with Crippen LogP contribution in [0.1, 0.15) is 12.8 Å². The van der Waals surface area contributed by atoms with E-state index in [1.807, 2.05) is 30.3 Å². The number of para-hydroxylation sites is 1. The fourth-order valence-corrected chi connectivity index (χ4v) is 2.61. The van der Waals surface area contributed by atoms with E-state index in [1.54, 1.807) is 0 Å². The Bertz CT molecular complexity index is 654. The third kappa shape index (κ3) is 4.29. The number of nitro groups is 1. The highest BCUT2D eigenvalue weighted by molar-refractivity contribution is 5.46. The maximum Gasteiger partial charge on any atom is 0.306 e. The van der Waals surface area contributed by atoms with Crippen LogP contribution in [0.15, 0.2) is 42.7 Å². The molecule has 1 saturated carbocycles. The Morgan fingerprint density at radius 3 is 2.74 bits per heavy atom. The van der Waals surface area contributed by atoms with Crippen molar-refractivity contribution in [2.45, 2.75) is 25.5 Å². The van der Waals surface area contributed by atoms with Crippen LogP contribution in [0.5, 0.6) is 0 Å². The number of aromatic nitrogens is 2. The summed E-state index contributed by atoms with van der Waals surface area (Å²) in [5, 5.41) is 24.9. The lowest BCUT2D eigenvalue weighted by atomic mass is 10.2. The van der Waals surface area contributed by atoms with Crippen LogP contribution in [-0.2, 0) is 6.54 Å². The molecular weight excluding hydrogens is 296 g/mol. The maximum absolute atomic E-state index is 10.7. The average molecular weight is 316 g/mol. The van der Waals surface area contributed by atoms with Crippen molar-refractivity contribution >= 4 is 11.4 Å². The molecule has 1 aliphatic carbocycles. The van der Waals surface area contributed by atoms with Crippen molar-refractivity contribution in [2.75, 3.05) is 18.0 Å². The van der Waals surface area contributed by atoms with Crippen LogP contribution < -0.4 is 4.90 Å². The van der Waals surface area contributed by atoms with Gasteiger partial charge in [-0.2, -0.15) is 5.10 Å². The zero-order valence-corrected chi connectivity index (χ0v) is 12.8. The first kappa shape index (κ1) is 15.5. The second-order valence-electron chi connectivity index (χ2n) is 6.02. The van der Waals surface area contributed by atoms with Gasteiger partial charge in [-0.05, 0) is 30.9 Å². The molecule has 1 N–H and O–H groups in total. The van der Waals surface area contributed by atoms with Gasteiger partial charge >= 0.3 is 5.69 Å². The molecule has 1 aliphatic rings. The summed E-state index contributed by atoms with van der Waals surface area (Å²) < 4.78 is 1.42. The Kier molecular flexibility index (Phi) is 4.57. The summed E-state index contributed by atoms with van der Waals surface area (Å²) in [5.41, 5.74) is 1.03. The standard InChI is InChI=1S/C16H20N4O3/c21-16(12-19-10-15(8-17-19)20(22)23)11-18(9-13-6-7-13)14-4-2-1-3-5-14/h1-5,8,10,13,16,21H,6-7,9,11-12H2. The highest BCUT2D eigenvalue weighted by atomic mass is 16.6. The average Bonchev–Trinajstić information content (AvgIpc) is 3.23. The van der Waals surface area contributed by atoms with Crippen LogP contribution in [0.3, 0.4) is 0 Å². The van der Waals surface area contributed by atoms with Gasteiger partial charge in [0.05, 0.1) is 17.6 Å². The number of aliphatic hydroxyl groups excluding tert-OH is 1. The number of nitrogens with zero attached hydrogens (tertiary/aromatic N) is 4. The molecule has 1 heterocycles. The molecule has 3 rings (SSSR count). The van der Waals surface area contributed by atoms with Crippen LogP contribution in [-0.4, -0.2) is 39.0 Å². The Balaban J connectivity index is 1.62. The summed E-state index contributed by atoms with van der Waals surface area (Å²) >= 11 is 0. The number of rotatable bonds is 8. The minimum Gasteiger partial charge on any atom is -0.389 e. The Morgan fingerprint density at radius 1 is 1.39 bits per heavy atom. The van der Waals surface area contributed by atoms with E-state index < -0.39 is 11.0 Å². The van der Waals surface area contributed by atoms with Gasteiger partial charge in [0.1, 0.15) is 12.4 Å². The highest BCUT2D eigenvalue weighted by Gasteiger charge is 2.25. The minimum absolute atomic E-state index is 0.0601. The number of benzene rings is 1. The van der Waals surface area contributed by atoms with E-state index in [2.05, 4.69) is 10.00 Å². The fourth-order valence-electron chi connectivity index (χ4n) is 2.61. The molecule has 1 aromatic carbocycles. The molecule has 1 unspecified atom stereocenters. The summed E-state index contributed by atoms with van der Waals surface area (Å²) in [7, 11) is 0. The van der Waals surface area contributed by atoms with Crippen molar-refractivity contribution in [3.05, 3.63) is 52.8 Å². The second kappa shape index (κ2) is 6.78.